The molecular weight excluding hydrogens is 219 g/mol. The molecule has 0 spiro atoms. The summed E-state index contributed by atoms with van der Waals surface area (Å²) >= 11 is 0. The minimum atomic E-state index is -0.267. The zero-order valence-corrected chi connectivity index (χ0v) is 8.97. The van der Waals surface area contributed by atoms with E-state index in [-0.39, 0.29) is 5.82 Å². The van der Waals surface area contributed by atoms with Crippen molar-refractivity contribution in [1.29, 1.82) is 5.26 Å². The second-order valence-corrected chi connectivity index (χ2v) is 3.96. The van der Waals surface area contributed by atoms with Gasteiger partial charge in [-0.25, -0.2) is 9.07 Å². The molecule has 0 saturated carbocycles. The van der Waals surface area contributed by atoms with Crippen molar-refractivity contribution in [2.24, 2.45) is 0 Å². The predicted molar refractivity (Wildman–Crippen MR) is 58.4 cm³/mol. The largest absolute Gasteiger partial charge is 0.300 e. The fourth-order valence-electron chi connectivity index (χ4n) is 2.03. The van der Waals surface area contributed by atoms with Gasteiger partial charge in [-0.3, -0.25) is 0 Å². The molecular formula is C12H9FN4. The number of aromatic nitrogens is 2. The molecule has 0 amide bonds. The van der Waals surface area contributed by atoms with Crippen molar-refractivity contribution < 1.29 is 4.39 Å². The lowest BCUT2D eigenvalue weighted by Gasteiger charge is -2.07. The number of hydrogen-bond acceptors (Lipinski definition) is 3. The van der Waals surface area contributed by atoms with Crippen LogP contribution in [-0.2, 0) is 13.1 Å². The van der Waals surface area contributed by atoms with E-state index in [0.717, 1.165) is 16.9 Å². The first-order valence-electron chi connectivity index (χ1n) is 5.24. The zero-order valence-electron chi connectivity index (χ0n) is 8.97. The zero-order chi connectivity index (χ0) is 11.8. The molecule has 5 heteroatoms. The highest BCUT2D eigenvalue weighted by atomic mass is 19.1. The van der Waals surface area contributed by atoms with Gasteiger partial charge in [0.1, 0.15) is 5.82 Å². The summed E-state index contributed by atoms with van der Waals surface area (Å²) in [6, 6.07) is 6.16. The monoisotopic (exact) mass is 228 g/mol. The van der Waals surface area contributed by atoms with Crippen LogP contribution in [0.25, 0.3) is 5.69 Å². The quantitative estimate of drug-likeness (QED) is 0.699. The van der Waals surface area contributed by atoms with Gasteiger partial charge in [0, 0.05) is 5.56 Å². The lowest BCUT2D eigenvalue weighted by molar-refractivity contribution is 0.408. The molecule has 0 aliphatic carbocycles. The van der Waals surface area contributed by atoms with E-state index in [9.17, 15) is 4.39 Å². The second kappa shape index (κ2) is 3.59. The third kappa shape index (κ3) is 1.54. The maximum absolute atomic E-state index is 12.8. The van der Waals surface area contributed by atoms with E-state index in [0.29, 0.717) is 13.1 Å². The number of nitrogens with zero attached hydrogens (tertiary/aromatic N) is 4. The van der Waals surface area contributed by atoms with E-state index in [1.807, 2.05) is 0 Å². The molecule has 1 aromatic heterocycles. The maximum atomic E-state index is 12.8. The van der Waals surface area contributed by atoms with Gasteiger partial charge >= 0.3 is 0 Å². The number of rotatable bonds is 1. The molecule has 0 saturated heterocycles. The number of hydrogen-bond donors (Lipinski definition) is 0. The molecule has 1 aliphatic rings. The summed E-state index contributed by atoms with van der Waals surface area (Å²) in [7, 11) is 0. The molecule has 3 rings (SSSR count). The smallest absolute Gasteiger partial charge is 0.180 e. The van der Waals surface area contributed by atoms with E-state index < -0.39 is 0 Å². The molecule has 4 nitrogen and oxygen atoms in total. The van der Waals surface area contributed by atoms with Gasteiger partial charge < -0.3 is 4.90 Å². The molecule has 84 valence electrons. The fraction of sp³-hybridized carbons (Fsp3) is 0.167. The summed E-state index contributed by atoms with van der Waals surface area (Å²) in [6.45, 7) is 1.16. The van der Waals surface area contributed by atoms with Gasteiger partial charge in [0.25, 0.3) is 0 Å². The van der Waals surface area contributed by atoms with Gasteiger partial charge in [0.05, 0.1) is 30.7 Å². The molecule has 1 aromatic carbocycles. The van der Waals surface area contributed by atoms with Crippen LogP contribution in [0.2, 0.25) is 0 Å². The number of nitriles is 1. The average molecular weight is 228 g/mol. The number of halogens is 1. The van der Waals surface area contributed by atoms with Crippen LogP contribution in [0.4, 0.5) is 4.39 Å². The van der Waals surface area contributed by atoms with E-state index in [1.165, 1.54) is 12.1 Å². The third-order valence-electron chi connectivity index (χ3n) is 2.87. The van der Waals surface area contributed by atoms with Crippen molar-refractivity contribution in [3.05, 3.63) is 47.5 Å². The number of benzene rings is 1. The van der Waals surface area contributed by atoms with Crippen LogP contribution in [0.3, 0.4) is 0 Å². The Kier molecular flexibility index (Phi) is 2.08. The van der Waals surface area contributed by atoms with E-state index >= 15 is 0 Å². The van der Waals surface area contributed by atoms with Crippen molar-refractivity contribution in [2.75, 3.05) is 0 Å². The van der Waals surface area contributed by atoms with E-state index in [1.54, 1.807) is 27.9 Å². The highest BCUT2D eigenvalue weighted by Gasteiger charge is 2.23. The molecule has 17 heavy (non-hydrogen) atoms. The molecule has 0 radical (unpaired) electrons. The van der Waals surface area contributed by atoms with Crippen LogP contribution in [0.15, 0.2) is 30.5 Å². The summed E-state index contributed by atoms with van der Waals surface area (Å²) < 4.78 is 14.6. The standard InChI is InChI=1S/C12H9FN4/c13-10-1-3-11(4-2-10)17-12-7-16(8-14)6-9(12)5-15-17/h1-5H,6-7H2. The van der Waals surface area contributed by atoms with Crippen LogP contribution >= 0.6 is 0 Å². The molecule has 1 aliphatic heterocycles. The van der Waals surface area contributed by atoms with Crippen LogP contribution in [0, 0.1) is 17.3 Å². The Morgan fingerprint density at radius 3 is 2.71 bits per heavy atom. The van der Waals surface area contributed by atoms with Gasteiger partial charge in [-0.15, -0.1) is 0 Å². The first-order chi connectivity index (χ1) is 8.28. The predicted octanol–water partition coefficient (Wildman–Crippen LogP) is 1.81. The van der Waals surface area contributed by atoms with Crippen LogP contribution in [0.5, 0.6) is 0 Å². The van der Waals surface area contributed by atoms with Crippen LogP contribution in [0.1, 0.15) is 11.3 Å². The molecule has 0 N–H and O–H groups in total. The Bertz CT molecular complexity index is 594. The average Bonchev–Trinajstić information content (AvgIpc) is 2.89. The van der Waals surface area contributed by atoms with Gasteiger partial charge in [-0.1, -0.05) is 0 Å². The molecule has 0 unspecified atom stereocenters. The van der Waals surface area contributed by atoms with Crippen molar-refractivity contribution in [2.45, 2.75) is 13.1 Å². The summed E-state index contributed by atoms with van der Waals surface area (Å²) in [5, 5.41) is 13.1. The molecule has 0 fully saturated rings. The number of fused-ring (bicyclic) bond motifs is 1. The molecule has 0 atom stereocenters. The van der Waals surface area contributed by atoms with Gasteiger partial charge in [-0.2, -0.15) is 10.4 Å². The van der Waals surface area contributed by atoms with E-state index in [4.69, 9.17) is 5.26 Å². The van der Waals surface area contributed by atoms with Gasteiger partial charge in [0.15, 0.2) is 6.19 Å². The highest BCUT2D eigenvalue weighted by Crippen LogP contribution is 2.24. The molecule has 2 heterocycles. The van der Waals surface area contributed by atoms with Crippen molar-refractivity contribution in [3.63, 3.8) is 0 Å². The second-order valence-electron chi connectivity index (χ2n) is 3.96. The minimum Gasteiger partial charge on any atom is -0.300 e. The van der Waals surface area contributed by atoms with Crippen LogP contribution in [-0.4, -0.2) is 14.7 Å². The Balaban J connectivity index is 2.02. The topological polar surface area (TPSA) is 44.9 Å². The van der Waals surface area contributed by atoms with Crippen LogP contribution < -0.4 is 0 Å². The maximum Gasteiger partial charge on any atom is 0.180 e. The van der Waals surface area contributed by atoms with Crippen molar-refractivity contribution in [1.82, 2.24) is 14.7 Å². The normalized spacial score (nSPS) is 13.5. The Morgan fingerprint density at radius 1 is 1.24 bits per heavy atom. The first kappa shape index (κ1) is 9.85. The van der Waals surface area contributed by atoms with Crippen molar-refractivity contribution >= 4 is 0 Å². The Morgan fingerprint density at radius 2 is 2.00 bits per heavy atom. The minimum absolute atomic E-state index is 0.267. The summed E-state index contributed by atoms with van der Waals surface area (Å²) in [5.41, 5.74) is 2.86. The summed E-state index contributed by atoms with van der Waals surface area (Å²) in [4.78, 5) is 1.66. The molecule has 0 bridgehead atoms. The molecule has 2 aromatic rings. The summed E-state index contributed by atoms with van der Waals surface area (Å²) in [5.74, 6) is -0.267. The van der Waals surface area contributed by atoms with Gasteiger partial charge in [-0.05, 0) is 24.3 Å². The van der Waals surface area contributed by atoms with E-state index in [2.05, 4.69) is 11.3 Å². The summed E-state index contributed by atoms with van der Waals surface area (Å²) in [6.07, 6.45) is 3.88. The SMILES string of the molecule is N#CN1Cc2cnn(-c3ccc(F)cc3)c2C1. The highest BCUT2D eigenvalue weighted by molar-refractivity contribution is 5.36. The Labute approximate surface area is 97.5 Å². The van der Waals surface area contributed by atoms with Gasteiger partial charge in [0.2, 0.25) is 0 Å². The Hall–Kier alpha value is -2.35. The van der Waals surface area contributed by atoms with Crippen molar-refractivity contribution in [3.8, 4) is 11.9 Å². The lowest BCUT2D eigenvalue weighted by Crippen LogP contribution is -2.10. The third-order valence-corrected chi connectivity index (χ3v) is 2.87. The lowest BCUT2D eigenvalue weighted by atomic mass is 10.3. The fourth-order valence-corrected chi connectivity index (χ4v) is 2.03. The first-order valence-corrected chi connectivity index (χ1v) is 5.24.